The molecule has 8 nitrogen and oxygen atoms in total. The molecule has 2 heterocycles. The monoisotopic (exact) mass is 411 g/mol. The maximum atomic E-state index is 5.22. The Balaban J connectivity index is 1.31. The SMILES string of the molecule is COCC(C)NC1CCC(Nc2nccc(-c3nccc(NCC4CC4)n3)n2)CC1. The van der Waals surface area contributed by atoms with Crippen LogP contribution in [-0.2, 0) is 4.74 Å². The third-order valence-electron chi connectivity index (χ3n) is 5.81. The molecule has 1 unspecified atom stereocenters. The second-order valence-electron chi connectivity index (χ2n) is 8.57. The van der Waals surface area contributed by atoms with Crippen molar-refractivity contribution in [2.45, 2.75) is 63.6 Å². The molecular weight excluding hydrogens is 378 g/mol. The number of ether oxygens (including phenoxy) is 1. The molecule has 2 saturated carbocycles. The molecule has 0 saturated heterocycles. The molecule has 0 amide bonds. The van der Waals surface area contributed by atoms with Crippen LogP contribution in [0.2, 0.25) is 0 Å². The van der Waals surface area contributed by atoms with Crippen molar-refractivity contribution in [1.82, 2.24) is 25.3 Å². The van der Waals surface area contributed by atoms with Gasteiger partial charge in [0.15, 0.2) is 5.82 Å². The van der Waals surface area contributed by atoms with Crippen LogP contribution >= 0.6 is 0 Å². The van der Waals surface area contributed by atoms with Gasteiger partial charge in [-0.15, -0.1) is 0 Å². The van der Waals surface area contributed by atoms with E-state index < -0.39 is 0 Å². The summed E-state index contributed by atoms with van der Waals surface area (Å²) in [5.74, 6) is 2.93. The van der Waals surface area contributed by atoms with Gasteiger partial charge in [0.2, 0.25) is 5.95 Å². The van der Waals surface area contributed by atoms with Crippen molar-refractivity contribution in [3.63, 3.8) is 0 Å². The van der Waals surface area contributed by atoms with Crippen LogP contribution in [0, 0.1) is 5.92 Å². The third kappa shape index (κ3) is 6.09. The maximum Gasteiger partial charge on any atom is 0.223 e. The molecule has 162 valence electrons. The quantitative estimate of drug-likeness (QED) is 0.549. The second-order valence-corrected chi connectivity index (χ2v) is 8.57. The molecule has 2 fully saturated rings. The summed E-state index contributed by atoms with van der Waals surface area (Å²) in [5, 5.41) is 10.6. The standard InChI is InChI=1S/C22H33N7O/c1-15(14-30-2)26-17-5-7-18(8-6-17)27-22-24-11-9-19(28-22)21-23-12-10-20(29-21)25-13-16-3-4-16/h9-12,15-18,26H,3-8,13-14H2,1-2H3,(H,23,25,29)(H,24,27,28). The number of nitrogens with one attached hydrogen (secondary N) is 3. The van der Waals surface area contributed by atoms with Crippen molar-refractivity contribution in [2.24, 2.45) is 5.92 Å². The van der Waals surface area contributed by atoms with Gasteiger partial charge in [0.1, 0.15) is 11.5 Å². The van der Waals surface area contributed by atoms with Crippen LogP contribution in [0.3, 0.4) is 0 Å². The maximum absolute atomic E-state index is 5.22. The van der Waals surface area contributed by atoms with Crippen molar-refractivity contribution < 1.29 is 4.74 Å². The lowest BCUT2D eigenvalue weighted by molar-refractivity contribution is 0.161. The predicted octanol–water partition coefficient (Wildman–Crippen LogP) is 3.10. The fraction of sp³-hybridized carbons (Fsp3) is 0.636. The van der Waals surface area contributed by atoms with Crippen LogP contribution < -0.4 is 16.0 Å². The van der Waals surface area contributed by atoms with Crippen LogP contribution in [0.4, 0.5) is 11.8 Å². The molecule has 3 N–H and O–H groups in total. The van der Waals surface area contributed by atoms with Gasteiger partial charge in [-0.05, 0) is 63.5 Å². The number of hydrogen-bond acceptors (Lipinski definition) is 8. The summed E-state index contributed by atoms with van der Waals surface area (Å²) in [4.78, 5) is 18.1. The van der Waals surface area contributed by atoms with E-state index in [0.717, 1.165) is 56.3 Å². The smallest absolute Gasteiger partial charge is 0.223 e. The third-order valence-corrected chi connectivity index (χ3v) is 5.81. The Hall–Kier alpha value is -2.32. The summed E-state index contributed by atoms with van der Waals surface area (Å²) in [6.45, 7) is 3.90. The van der Waals surface area contributed by atoms with E-state index in [1.54, 1.807) is 19.5 Å². The largest absolute Gasteiger partial charge is 0.383 e. The minimum Gasteiger partial charge on any atom is -0.383 e. The van der Waals surface area contributed by atoms with Gasteiger partial charge in [-0.1, -0.05) is 0 Å². The van der Waals surface area contributed by atoms with Gasteiger partial charge in [-0.25, -0.2) is 19.9 Å². The van der Waals surface area contributed by atoms with Crippen molar-refractivity contribution in [1.29, 1.82) is 0 Å². The predicted molar refractivity (Wildman–Crippen MR) is 118 cm³/mol. The Morgan fingerprint density at radius 1 is 1.00 bits per heavy atom. The van der Waals surface area contributed by atoms with E-state index in [4.69, 9.17) is 4.74 Å². The van der Waals surface area contributed by atoms with Gasteiger partial charge in [0, 0.05) is 44.2 Å². The van der Waals surface area contributed by atoms with Gasteiger partial charge in [0.05, 0.1) is 6.61 Å². The lowest BCUT2D eigenvalue weighted by Crippen LogP contribution is -2.43. The highest BCUT2D eigenvalue weighted by atomic mass is 16.5. The average Bonchev–Trinajstić information content (AvgIpc) is 3.59. The Bertz CT molecular complexity index is 806. The summed E-state index contributed by atoms with van der Waals surface area (Å²) in [7, 11) is 1.75. The molecule has 2 aromatic rings. The van der Waals surface area contributed by atoms with Crippen molar-refractivity contribution >= 4 is 11.8 Å². The van der Waals surface area contributed by atoms with Crippen LogP contribution in [-0.4, -0.2) is 58.3 Å². The first-order valence-corrected chi connectivity index (χ1v) is 11.1. The van der Waals surface area contributed by atoms with Gasteiger partial charge in [0.25, 0.3) is 0 Å². The molecule has 0 radical (unpaired) electrons. The summed E-state index contributed by atoms with van der Waals surface area (Å²) >= 11 is 0. The summed E-state index contributed by atoms with van der Waals surface area (Å²) in [6.07, 6.45) is 10.7. The van der Waals surface area contributed by atoms with Crippen LogP contribution in [0.5, 0.6) is 0 Å². The van der Waals surface area contributed by atoms with Crippen LogP contribution in [0.15, 0.2) is 24.5 Å². The van der Waals surface area contributed by atoms with Gasteiger partial charge >= 0.3 is 0 Å². The molecule has 30 heavy (non-hydrogen) atoms. The molecule has 2 aromatic heterocycles. The molecule has 2 aliphatic carbocycles. The van der Waals surface area contributed by atoms with E-state index >= 15 is 0 Å². The number of aromatic nitrogens is 4. The van der Waals surface area contributed by atoms with E-state index in [1.165, 1.54) is 12.8 Å². The molecular formula is C22H33N7O. The van der Waals surface area contributed by atoms with E-state index in [-0.39, 0.29) is 0 Å². The average molecular weight is 412 g/mol. The zero-order valence-corrected chi connectivity index (χ0v) is 18.0. The molecule has 0 aromatic carbocycles. The number of methoxy groups -OCH3 is 1. The molecule has 2 aliphatic rings. The topological polar surface area (TPSA) is 96.9 Å². The minimum absolute atomic E-state index is 0.388. The Morgan fingerprint density at radius 3 is 2.53 bits per heavy atom. The van der Waals surface area contributed by atoms with Crippen LogP contribution in [0.1, 0.15) is 45.4 Å². The number of nitrogens with zero attached hydrogens (tertiary/aromatic N) is 4. The molecule has 1 atom stereocenters. The first kappa shape index (κ1) is 20.9. The lowest BCUT2D eigenvalue weighted by atomic mass is 9.91. The molecule has 4 rings (SSSR count). The highest BCUT2D eigenvalue weighted by Crippen LogP contribution is 2.29. The molecule has 0 aliphatic heterocycles. The Morgan fingerprint density at radius 2 is 1.77 bits per heavy atom. The summed E-state index contributed by atoms with van der Waals surface area (Å²) < 4.78 is 5.22. The number of anilines is 2. The minimum atomic E-state index is 0.388. The summed E-state index contributed by atoms with van der Waals surface area (Å²) in [5.41, 5.74) is 0.742. The first-order valence-electron chi connectivity index (χ1n) is 11.1. The van der Waals surface area contributed by atoms with E-state index in [9.17, 15) is 0 Å². The fourth-order valence-electron chi connectivity index (χ4n) is 3.99. The number of rotatable bonds is 10. The first-order chi connectivity index (χ1) is 14.7. The van der Waals surface area contributed by atoms with Gasteiger partial charge < -0.3 is 20.7 Å². The number of hydrogen-bond donors (Lipinski definition) is 3. The van der Waals surface area contributed by atoms with E-state index in [1.807, 2.05) is 12.1 Å². The normalized spacial score (nSPS) is 22.5. The lowest BCUT2D eigenvalue weighted by Gasteiger charge is -2.31. The Labute approximate surface area is 178 Å². The molecule has 0 spiro atoms. The second kappa shape index (κ2) is 10.1. The highest BCUT2D eigenvalue weighted by Gasteiger charge is 2.23. The van der Waals surface area contributed by atoms with E-state index in [2.05, 4.69) is 42.8 Å². The zero-order valence-electron chi connectivity index (χ0n) is 18.0. The Kier molecular flexibility index (Phi) is 7.07. The van der Waals surface area contributed by atoms with E-state index in [0.29, 0.717) is 29.9 Å². The highest BCUT2D eigenvalue weighted by molar-refractivity contribution is 5.53. The summed E-state index contributed by atoms with van der Waals surface area (Å²) in [6, 6.07) is 5.11. The van der Waals surface area contributed by atoms with Gasteiger partial charge in [-0.2, -0.15) is 0 Å². The van der Waals surface area contributed by atoms with Gasteiger partial charge in [-0.3, -0.25) is 0 Å². The van der Waals surface area contributed by atoms with Crippen molar-refractivity contribution in [2.75, 3.05) is 30.9 Å². The van der Waals surface area contributed by atoms with Crippen molar-refractivity contribution in [3.8, 4) is 11.5 Å². The van der Waals surface area contributed by atoms with Crippen LogP contribution in [0.25, 0.3) is 11.5 Å². The fourth-order valence-corrected chi connectivity index (χ4v) is 3.99. The zero-order chi connectivity index (χ0) is 20.8. The molecule has 0 bridgehead atoms. The van der Waals surface area contributed by atoms with Crippen molar-refractivity contribution in [3.05, 3.63) is 24.5 Å². The molecule has 8 heteroatoms.